The van der Waals surface area contributed by atoms with Gasteiger partial charge in [0, 0.05) is 23.5 Å². The zero-order valence-corrected chi connectivity index (χ0v) is 17.6. The predicted molar refractivity (Wildman–Crippen MR) is 112 cm³/mol. The normalized spacial score (nSPS) is 11.5. The Morgan fingerprint density at radius 2 is 1.88 bits per heavy atom. The summed E-state index contributed by atoms with van der Waals surface area (Å²) in [5, 5.41) is 12.6. The molecular formula is C20H27BrClNO3. The molecule has 0 heterocycles. The number of hydrogen-bond donors (Lipinski definition) is 2. The largest absolute Gasteiger partial charge is 0.493 e. The summed E-state index contributed by atoms with van der Waals surface area (Å²) in [7, 11) is 1.65. The van der Waals surface area contributed by atoms with Gasteiger partial charge < -0.3 is 19.9 Å². The molecule has 2 aromatic carbocycles. The lowest BCUT2D eigenvalue weighted by atomic mass is 10.1. The number of rotatable bonds is 10. The van der Waals surface area contributed by atoms with E-state index in [9.17, 15) is 5.11 Å². The first-order valence-electron chi connectivity index (χ1n) is 8.55. The van der Waals surface area contributed by atoms with Crippen molar-refractivity contribution in [3.05, 3.63) is 58.1 Å². The van der Waals surface area contributed by atoms with Crippen LogP contribution in [0.15, 0.2) is 46.9 Å². The Morgan fingerprint density at radius 3 is 2.50 bits per heavy atom. The molecule has 4 nitrogen and oxygen atoms in total. The Morgan fingerprint density at radius 1 is 1.15 bits per heavy atom. The molecule has 0 saturated carbocycles. The van der Waals surface area contributed by atoms with Crippen molar-refractivity contribution in [2.24, 2.45) is 0 Å². The molecule has 0 aromatic heterocycles. The van der Waals surface area contributed by atoms with E-state index in [4.69, 9.17) is 9.47 Å². The quantitative estimate of drug-likeness (QED) is 0.571. The van der Waals surface area contributed by atoms with Crippen molar-refractivity contribution in [1.29, 1.82) is 0 Å². The predicted octanol–water partition coefficient (Wildman–Crippen LogP) is 4.36. The van der Waals surface area contributed by atoms with Gasteiger partial charge in [0.2, 0.25) is 0 Å². The number of aliphatic hydroxyl groups is 1. The minimum Gasteiger partial charge on any atom is -0.493 e. The molecule has 26 heavy (non-hydrogen) atoms. The molecule has 1 unspecified atom stereocenters. The molecule has 0 bridgehead atoms. The van der Waals surface area contributed by atoms with Gasteiger partial charge in [-0.3, -0.25) is 0 Å². The van der Waals surface area contributed by atoms with Crippen LogP contribution in [0.2, 0.25) is 0 Å². The summed E-state index contributed by atoms with van der Waals surface area (Å²) in [5.74, 6) is 1.44. The maximum atomic E-state index is 9.29. The van der Waals surface area contributed by atoms with Crippen LogP contribution in [0, 0.1) is 0 Å². The lowest BCUT2D eigenvalue weighted by Crippen LogP contribution is -2.31. The monoisotopic (exact) mass is 443 g/mol. The van der Waals surface area contributed by atoms with Crippen molar-refractivity contribution in [2.45, 2.75) is 32.4 Å². The Hall–Kier alpha value is -1.27. The number of halogens is 2. The second-order valence-corrected chi connectivity index (χ2v) is 6.70. The van der Waals surface area contributed by atoms with Crippen molar-refractivity contribution in [3.63, 3.8) is 0 Å². The van der Waals surface area contributed by atoms with Crippen LogP contribution in [-0.4, -0.2) is 31.5 Å². The Kier molecular flexibility index (Phi) is 10.7. The lowest BCUT2D eigenvalue weighted by Gasteiger charge is -2.17. The summed E-state index contributed by atoms with van der Waals surface area (Å²) in [4.78, 5) is 0. The molecular weight excluding hydrogens is 418 g/mol. The molecule has 0 spiro atoms. The first kappa shape index (κ1) is 22.8. The van der Waals surface area contributed by atoms with E-state index in [0.29, 0.717) is 18.9 Å². The number of hydrogen-bond acceptors (Lipinski definition) is 4. The molecule has 0 aliphatic carbocycles. The van der Waals surface area contributed by atoms with Crippen LogP contribution in [0.3, 0.4) is 0 Å². The number of nitrogens with one attached hydrogen (secondary N) is 1. The van der Waals surface area contributed by atoms with Crippen LogP contribution in [0.4, 0.5) is 0 Å². The van der Waals surface area contributed by atoms with Gasteiger partial charge in [-0.15, -0.1) is 12.4 Å². The van der Waals surface area contributed by atoms with E-state index in [1.54, 1.807) is 7.11 Å². The fourth-order valence-electron chi connectivity index (χ4n) is 2.50. The van der Waals surface area contributed by atoms with Crippen molar-refractivity contribution in [1.82, 2.24) is 5.32 Å². The second-order valence-electron chi connectivity index (χ2n) is 5.85. The Bertz CT molecular complexity index is 651. The SMILES string of the molecule is CCC(CO)NCc1cc(OC)c(OCCc2ccccc2)cc1Br.Cl. The summed E-state index contributed by atoms with van der Waals surface area (Å²) < 4.78 is 12.4. The third-order valence-electron chi connectivity index (χ3n) is 4.12. The van der Waals surface area contributed by atoms with Gasteiger partial charge in [0.25, 0.3) is 0 Å². The maximum Gasteiger partial charge on any atom is 0.162 e. The highest BCUT2D eigenvalue weighted by atomic mass is 79.9. The van der Waals surface area contributed by atoms with Crippen molar-refractivity contribution in [2.75, 3.05) is 20.3 Å². The topological polar surface area (TPSA) is 50.7 Å². The van der Waals surface area contributed by atoms with Gasteiger partial charge in [-0.1, -0.05) is 53.2 Å². The molecule has 0 amide bonds. The Labute approximate surface area is 170 Å². The van der Waals surface area contributed by atoms with Crippen LogP contribution in [-0.2, 0) is 13.0 Å². The molecule has 144 valence electrons. The molecule has 0 aliphatic heterocycles. The van der Waals surface area contributed by atoms with Gasteiger partial charge in [-0.05, 0) is 29.7 Å². The van der Waals surface area contributed by atoms with E-state index in [-0.39, 0.29) is 25.1 Å². The van der Waals surface area contributed by atoms with Gasteiger partial charge in [0.1, 0.15) is 0 Å². The highest BCUT2D eigenvalue weighted by molar-refractivity contribution is 9.10. The smallest absolute Gasteiger partial charge is 0.162 e. The van der Waals surface area contributed by atoms with E-state index in [1.165, 1.54) is 5.56 Å². The molecule has 0 radical (unpaired) electrons. The summed E-state index contributed by atoms with van der Waals surface area (Å²) in [6.07, 6.45) is 1.73. The fraction of sp³-hybridized carbons (Fsp3) is 0.400. The third kappa shape index (κ3) is 6.80. The minimum atomic E-state index is 0. The summed E-state index contributed by atoms with van der Waals surface area (Å²) in [6.45, 7) is 3.42. The van der Waals surface area contributed by atoms with Gasteiger partial charge in [-0.2, -0.15) is 0 Å². The molecule has 1 atom stereocenters. The summed E-state index contributed by atoms with van der Waals surface area (Å²) in [6, 6.07) is 14.3. The average molecular weight is 445 g/mol. The fourth-order valence-corrected chi connectivity index (χ4v) is 2.96. The van der Waals surface area contributed by atoms with Crippen molar-refractivity contribution < 1.29 is 14.6 Å². The highest BCUT2D eigenvalue weighted by Gasteiger charge is 2.12. The number of ether oxygens (including phenoxy) is 2. The van der Waals surface area contributed by atoms with E-state index in [0.717, 1.165) is 28.6 Å². The molecule has 0 saturated heterocycles. The van der Waals surface area contributed by atoms with Crippen LogP contribution in [0.5, 0.6) is 11.5 Å². The molecule has 6 heteroatoms. The zero-order chi connectivity index (χ0) is 18.1. The number of benzene rings is 2. The van der Waals surface area contributed by atoms with Gasteiger partial charge in [0.15, 0.2) is 11.5 Å². The molecule has 0 aliphatic rings. The van der Waals surface area contributed by atoms with Crippen molar-refractivity contribution in [3.8, 4) is 11.5 Å². The third-order valence-corrected chi connectivity index (χ3v) is 4.86. The number of methoxy groups -OCH3 is 1. The van der Waals surface area contributed by atoms with Crippen LogP contribution in [0.25, 0.3) is 0 Å². The highest BCUT2D eigenvalue weighted by Crippen LogP contribution is 2.33. The van der Waals surface area contributed by atoms with E-state index in [2.05, 4.69) is 33.4 Å². The van der Waals surface area contributed by atoms with Crippen molar-refractivity contribution >= 4 is 28.3 Å². The van der Waals surface area contributed by atoms with Crippen LogP contribution >= 0.6 is 28.3 Å². The van der Waals surface area contributed by atoms with Gasteiger partial charge >= 0.3 is 0 Å². The molecule has 0 fully saturated rings. The molecule has 2 rings (SSSR count). The van der Waals surface area contributed by atoms with E-state index in [1.807, 2.05) is 37.3 Å². The standard InChI is InChI=1S/C20H26BrNO3.ClH/c1-3-17(14-23)22-13-16-11-19(24-2)20(12-18(16)21)25-10-9-15-7-5-4-6-8-15;/h4-8,11-12,17,22-23H,3,9-10,13-14H2,1-2H3;1H. The average Bonchev–Trinajstić information content (AvgIpc) is 2.64. The first-order chi connectivity index (χ1) is 12.2. The van der Waals surface area contributed by atoms with Gasteiger partial charge in [0.05, 0.1) is 20.3 Å². The first-order valence-corrected chi connectivity index (χ1v) is 9.34. The molecule has 2 aromatic rings. The summed E-state index contributed by atoms with van der Waals surface area (Å²) >= 11 is 3.60. The van der Waals surface area contributed by atoms with E-state index >= 15 is 0 Å². The summed E-state index contributed by atoms with van der Waals surface area (Å²) in [5.41, 5.74) is 2.31. The van der Waals surface area contributed by atoms with Crippen LogP contribution in [0.1, 0.15) is 24.5 Å². The van der Waals surface area contributed by atoms with E-state index < -0.39 is 0 Å². The maximum absolute atomic E-state index is 9.29. The second kappa shape index (κ2) is 12.2. The molecule has 2 N–H and O–H groups in total. The van der Waals surface area contributed by atoms with Gasteiger partial charge in [-0.25, -0.2) is 0 Å². The number of aliphatic hydroxyl groups excluding tert-OH is 1. The minimum absolute atomic E-state index is 0. The Balaban J connectivity index is 0.00000338. The lowest BCUT2D eigenvalue weighted by molar-refractivity contribution is 0.238. The zero-order valence-electron chi connectivity index (χ0n) is 15.2. The van der Waals surface area contributed by atoms with Crippen LogP contribution < -0.4 is 14.8 Å².